The van der Waals surface area contributed by atoms with E-state index in [1.54, 1.807) is 0 Å². The van der Waals surface area contributed by atoms with E-state index in [4.69, 9.17) is 0 Å². The van der Waals surface area contributed by atoms with Crippen molar-refractivity contribution in [2.75, 3.05) is 0 Å². The molecule has 1 aromatic rings. The fraction of sp³-hybridized carbons (Fsp3) is 0.647. The predicted octanol–water partition coefficient (Wildman–Crippen LogP) is 4.34. The summed E-state index contributed by atoms with van der Waals surface area (Å²) in [6, 6.07) is 6.42. The Morgan fingerprint density at radius 3 is 2.39 bits per heavy atom. The van der Waals surface area contributed by atoms with Crippen LogP contribution in [0.25, 0.3) is 0 Å². The van der Waals surface area contributed by atoms with Crippen molar-refractivity contribution in [1.82, 2.24) is 0 Å². The highest BCUT2D eigenvalue weighted by Gasteiger charge is 2.43. The normalized spacial score (nSPS) is 31.3. The molecule has 1 aliphatic rings. The first-order valence-electron chi connectivity index (χ1n) is 7.02. The molecule has 0 aliphatic heterocycles. The van der Waals surface area contributed by atoms with Crippen LogP contribution in [-0.4, -0.2) is 5.11 Å². The molecule has 0 aromatic heterocycles. The van der Waals surface area contributed by atoms with Crippen molar-refractivity contribution >= 4 is 0 Å². The minimum atomic E-state index is -0.640. The standard InChI is InChI=1S/C17H26O/c1-12-6-7-15(14(3)8-12)17(18)10-13(2)9-16(4,5)11-17/h6-8,13,18H,9-11H2,1-5H3. The zero-order chi connectivity index (χ0) is 13.6. The smallest absolute Gasteiger partial charge is 0.0906 e. The summed E-state index contributed by atoms with van der Waals surface area (Å²) in [4.78, 5) is 0. The first-order chi connectivity index (χ1) is 8.22. The van der Waals surface area contributed by atoms with E-state index in [0.717, 1.165) is 18.4 Å². The van der Waals surface area contributed by atoms with Crippen LogP contribution in [0.5, 0.6) is 0 Å². The molecule has 1 heteroatoms. The van der Waals surface area contributed by atoms with Crippen LogP contribution in [0.3, 0.4) is 0 Å². The van der Waals surface area contributed by atoms with Gasteiger partial charge in [0.05, 0.1) is 5.60 Å². The van der Waals surface area contributed by atoms with Gasteiger partial charge in [-0.15, -0.1) is 0 Å². The van der Waals surface area contributed by atoms with Crippen LogP contribution in [0.1, 0.15) is 56.7 Å². The molecule has 2 rings (SSSR count). The average Bonchev–Trinajstić information content (AvgIpc) is 2.11. The molecule has 1 N–H and O–H groups in total. The van der Waals surface area contributed by atoms with Gasteiger partial charge in [0.25, 0.3) is 0 Å². The number of aliphatic hydroxyl groups is 1. The lowest BCUT2D eigenvalue weighted by molar-refractivity contribution is -0.0639. The van der Waals surface area contributed by atoms with Gasteiger partial charge in [-0.05, 0) is 55.6 Å². The molecule has 1 nitrogen and oxygen atoms in total. The summed E-state index contributed by atoms with van der Waals surface area (Å²) in [6.07, 6.45) is 2.97. The van der Waals surface area contributed by atoms with Crippen LogP contribution in [0.15, 0.2) is 18.2 Å². The largest absolute Gasteiger partial charge is 0.385 e. The van der Waals surface area contributed by atoms with E-state index in [1.165, 1.54) is 17.5 Å². The second kappa shape index (κ2) is 4.38. The van der Waals surface area contributed by atoms with Gasteiger partial charge in [0.2, 0.25) is 0 Å². The number of aryl methyl sites for hydroxylation is 2. The first kappa shape index (κ1) is 13.6. The van der Waals surface area contributed by atoms with Crippen molar-refractivity contribution in [3.05, 3.63) is 34.9 Å². The monoisotopic (exact) mass is 246 g/mol. The predicted molar refractivity (Wildman–Crippen MR) is 76.6 cm³/mol. The number of hydrogen-bond donors (Lipinski definition) is 1. The van der Waals surface area contributed by atoms with E-state index >= 15 is 0 Å². The Bertz CT molecular complexity index is 447. The van der Waals surface area contributed by atoms with Gasteiger partial charge in [-0.3, -0.25) is 0 Å². The topological polar surface area (TPSA) is 20.2 Å². The minimum absolute atomic E-state index is 0.226. The average molecular weight is 246 g/mol. The van der Waals surface area contributed by atoms with Crippen molar-refractivity contribution in [3.8, 4) is 0 Å². The summed E-state index contributed by atoms with van der Waals surface area (Å²) in [7, 11) is 0. The van der Waals surface area contributed by atoms with Gasteiger partial charge in [-0.1, -0.05) is 44.5 Å². The molecule has 2 unspecified atom stereocenters. The molecule has 100 valence electrons. The van der Waals surface area contributed by atoms with E-state index in [2.05, 4.69) is 52.8 Å². The fourth-order valence-electron chi connectivity index (χ4n) is 4.07. The maximum Gasteiger partial charge on any atom is 0.0906 e. The Kier molecular flexibility index (Phi) is 3.31. The number of rotatable bonds is 1. The summed E-state index contributed by atoms with van der Waals surface area (Å²) in [5.41, 5.74) is 3.21. The van der Waals surface area contributed by atoms with Gasteiger partial charge in [-0.25, -0.2) is 0 Å². The number of benzene rings is 1. The highest BCUT2D eigenvalue weighted by atomic mass is 16.3. The molecule has 0 amide bonds. The number of hydrogen-bond acceptors (Lipinski definition) is 1. The fourth-order valence-corrected chi connectivity index (χ4v) is 4.07. The van der Waals surface area contributed by atoms with E-state index in [9.17, 15) is 5.11 Å². The maximum absolute atomic E-state index is 11.1. The first-order valence-corrected chi connectivity index (χ1v) is 7.02. The lowest BCUT2D eigenvalue weighted by Crippen LogP contribution is -2.40. The Hall–Kier alpha value is -0.820. The highest BCUT2D eigenvalue weighted by Crippen LogP contribution is 2.49. The Balaban J connectivity index is 2.41. The SMILES string of the molecule is Cc1ccc(C2(O)CC(C)CC(C)(C)C2)c(C)c1. The second-order valence-electron chi connectivity index (χ2n) is 7.20. The van der Waals surface area contributed by atoms with Crippen LogP contribution in [0.4, 0.5) is 0 Å². The molecule has 0 saturated heterocycles. The molecule has 0 radical (unpaired) electrons. The van der Waals surface area contributed by atoms with Crippen molar-refractivity contribution in [2.45, 2.75) is 59.5 Å². The maximum atomic E-state index is 11.1. The third-order valence-electron chi connectivity index (χ3n) is 4.24. The van der Waals surface area contributed by atoms with E-state index < -0.39 is 5.60 Å². The lowest BCUT2D eigenvalue weighted by Gasteiger charge is -2.45. The van der Waals surface area contributed by atoms with Gasteiger partial charge in [0.15, 0.2) is 0 Å². The lowest BCUT2D eigenvalue weighted by atomic mass is 9.63. The molecule has 0 spiro atoms. The summed E-state index contributed by atoms with van der Waals surface area (Å²) in [5.74, 6) is 0.583. The zero-order valence-corrected chi connectivity index (χ0v) is 12.4. The summed E-state index contributed by atoms with van der Waals surface area (Å²) in [5, 5.41) is 11.1. The van der Waals surface area contributed by atoms with Gasteiger partial charge >= 0.3 is 0 Å². The Labute approximate surface area is 111 Å². The van der Waals surface area contributed by atoms with E-state index in [-0.39, 0.29) is 5.41 Å². The zero-order valence-electron chi connectivity index (χ0n) is 12.4. The molecule has 0 heterocycles. The van der Waals surface area contributed by atoms with Crippen LogP contribution in [-0.2, 0) is 5.60 Å². The minimum Gasteiger partial charge on any atom is -0.385 e. The van der Waals surface area contributed by atoms with Crippen molar-refractivity contribution in [2.24, 2.45) is 11.3 Å². The molecule has 1 aromatic carbocycles. The van der Waals surface area contributed by atoms with Gasteiger partial charge in [-0.2, -0.15) is 0 Å². The quantitative estimate of drug-likeness (QED) is 0.781. The third kappa shape index (κ3) is 2.61. The van der Waals surface area contributed by atoms with Crippen LogP contribution >= 0.6 is 0 Å². The van der Waals surface area contributed by atoms with E-state index in [0.29, 0.717) is 5.92 Å². The Morgan fingerprint density at radius 1 is 1.17 bits per heavy atom. The molecule has 18 heavy (non-hydrogen) atoms. The van der Waals surface area contributed by atoms with Crippen molar-refractivity contribution in [1.29, 1.82) is 0 Å². The molecule has 2 atom stereocenters. The van der Waals surface area contributed by atoms with Crippen LogP contribution in [0.2, 0.25) is 0 Å². The van der Waals surface area contributed by atoms with Crippen molar-refractivity contribution < 1.29 is 5.11 Å². The van der Waals surface area contributed by atoms with E-state index in [1.807, 2.05) is 0 Å². The van der Waals surface area contributed by atoms with Crippen LogP contribution < -0.4 is 0 Å². The van der Waals surface area contributed by atoms with Gasteiger partial charge < -0.3 is 5.11 Å². The molecule has 1 saturated carbocycles. The van der Waals surface area contributed by atoms with Gasteiger partial charge in [0.1, 0.15) is 0 Å². The highest BCUT2D eigenvalue weighted by molar-refractivity contribution is 5.35. The van der Waals surface area contributed by atoms with Gasteiger partial charge in [0, 0.05) is 0 Å². The second-order valence-corrected chi connectivity index (χ2v) is 7.20. The summed E-state index contributed by atoms with van der Waals surface area (Å²) < 4.78 is 0. The van der Waals surface area contributed by atoms with Crippen molar-refractivity contribution in [3.63, 3.8) is 0 Å². The molecule has 0 bridgehead atoms. The summed E-state index contributed by atoms with van der Waals surface area (Å²) >= 11 is 0. The summed E-state index contributed by atoms with van der Waals surface area (Å²) in [6.45, 7) is 11.0. The molecular weight excluding hydrogens is 220 g/mol. The molecule has 1 aliphatic carbocycles. The van der Waals surface area contributed by atoms with Crippen LogP contribution in [0, 0.1) is 25.2 Å². The molecule has 1 fully saturated rings. The third-order valence-corrected chi connectivity index (χ3v) is 4.24. The molecular formula is C17H26O. The Morgan fingerprint density at radius 2 is 1.83 bits per heavy atom.